The molecule has 2 aromatic rings. The number of hydrogen-bond acceptors (Lipinski definition) is 5. The zero-order chi connectivity index (χ0) is 26.6. The van der Waals surface area contributed by atoms with Gasteiger partial charge in [-0.3, -0.25) is 14.6 Å². The molecule has 5 nitrogen and oxygen atoms in total. The van der Waals surface area contributed by atoms with Crippen LogP contribution in [-0.2, 0) is 45.1 Å². The summed E-state index contributed by atoms with van der Waals surface area (Å²) in [7, 11) is 1.50. The molecular formula is C31H51N5S. The molecule has 2 aliphatic carbocycles. The van der Waals surface area contributed by atoms with Crippen molar-refractivity contribution in [3.63, 3.8) is 0 Å². The zero-order valence-electron chi connectivity index (χ0n) is 24.2. The van der Waals surface area contributed by atoms with E-state index in [0.29, 0.717) is 6.04 Å². The summed E-state index contributed by atoms with van der Waals surface area (Å²) in [6.45, 7) is 12.0. The van der Waals surface area contributed by atoms with Gasteiger partial charge in [-0.05, 0) is 112 Å². The quantitative estimate of drug-likeness (QED) is 0.294. The van der Waals surface area contributed by atoms with Gasteiger partial charge in [0.05, 0.1) is 29.2 Å². The average molecular weight is 526 g/mol. The number of hydrogen-bond donors (Lipinski definition) is 1. The van der Waals surface area contributed by atoms with E-state index in [4.69, 9.17) is 10.1 Å². The molecule has 1 aliphatic heterocycles. The molecule has 0 fully saturated rings. The second-order valence-electron chi connectivity index (χ2n) is 10.0. The largest absolute Gasteiger partial charge is 0.333 e. The van der Waals surface area contributed by atoms with Gasteiger partial charge in [0, 0.05) is 18.7 Å². The maximum Gasteiger partial charge on any atom is 0.0887 e. The van der Waals surface area contributed by atoms with Crippen molar-refractivity contribution in [1.82, 2.24) is 14.7 Å². The van der Waals surface area contributed by atoms with Crippen molar-refractivity contribution in [2.75, 3.05) is 26.0 Å². The summed E-state index contributed by atoms with van der Waals surface area (Å²) in [5.41, 5.74) is 14.1. The Balaban J connectivity index is 0.000000907. The number of rotatable bonds is 10. The highest BCUT2D eigenvalue weighted by molar-refractivity contribution is 7.99. The Morgan fingerprint density at radius 2 is 1.68 bits per heavy atom. The predicted molar refractivity (Wildman–Crippen MR) is 161 cm³/mol. The van der Waals surface area contributed by atoms with Crippen LogP contribution in [0.25, 0.3) is 0 Å². The molecule has 6 heteroatoms. The molecule has 0 radical (unpaired) electrons. The van der Waals surface area contributed by atoms with E-state index < -0.39 is 0 Å². The van der Waals surface area contributed by atoms with Gasteiger partial charge in [-0.15, -0.1) is 0 Å². The normalized spacial score (nSPS) is 17.6. The van der Waals surface area contributed by atoms with Gasteiger partial charge in [0.2, 0.25) is 0 Å². The number of fused-ring (bicyclic) bond motifs is 3. The lowest BCUT2D eigenvalue weighted by Crippen LogP contribution is -2.42. The van der Waals surface area contributed by atoms with E-state index in [2.05, 4.69) is 47.6 Å². The standard InChI is InChI=1S/C28H40N4S.C2H6.CH5N/c1-3-15-31(16-4-2)23-11-12-27-28(18-30-32(27)19-23)33-20-29-14-13-26-24-9-5-7-21(24)17-22-8-6-10-25(22)26;2*1-2/h14,17-18,23H,3-13,15-16,19-20H2,1-2H3;1-2H3;2H2,1H3/b29-14+;;. The summed E-state index contributed by atoms with van der Waals surface area (Å²) in [6.07, 6.45) is 17.9. The van der Waals surface area contributed by atoms with Crippen molar-refractivity contribution in [3.05, 3.63) is 45.8 Å². The molecule has 1 aromatic carbocycles. The van der Waals surface area contributed by atoms with Crippen LogP contribution < -0.4 is 5.73 Å². The molecule has 2 N–H and O–H groups in total. The van der Waals surface area contributed by atoms with Gasteiger partial charge in [0.15, 0.2) is 0 Å². The summed E-state index contributed by atoms with van der Waals surface area (Å²) >= 11 is 1.86. The molecule has 1 unspecified atom stereocenters. The van der Waals surface area contributed by atoms with Gasteiger partial charge in [-0.1, -0.05) is 45.5 Å². The van der Waals surface area contributed by atoms with Crippen molar-refractivity contribution in [2.45, 2.75) is 116 Å². The van der Waals surface area contributed by atoms with Crippen LogP contribution in [0.5, 0.6) is 0 Å². The molecular weight excluding hydrogens is 474 g/mol. The molecule has 0 amide bonds. The summed E-state index contributed by atoms with van der Waals surface area (Å²) in [4.78, 5) is 8.84. The van der Waals surface area contributed by atoms with E-state index in [9.17, 15) is 0 Å². The molecule has 0 bridgehead atoms. The fourth-order valence-corrected chi connectivity index (χ4v) is 7.18. The fraction of sp³-hybridized carbons (Fsp3) is 0.677. The number of aryl methyl sites for hydroxylation is 2. The molecule has 0 spiro atoms. The minimum absolute atomic E-state index is 0.641. The minimum Gasteiger partial charge on any atom is -0.333 e. The lowest BCUT2D eigenvalue weighted by atomic mass is 9.92. The molecule has 37 heavy (non-hydrogen) atoms. The minimum atomic E-state index is 0.641. The highest BCUT2D eigenvalue weighted by Gasteiger charge is 2.26. The van der Waals surface area contributed by atoms with Crippen molar-refractivity contribution >= 4 is 18.0 Å². The van der Waals surface area contributed by atoms with Crippen molar-refractivity contribution in [3.8, 4) is 0 Å². The third-order valence-electron chi connectivity index (χ3n) is 7.86. The van der Waals surface area contributed by atoms with Crippen LogP contribution in [0, 0.1) is 0 Å². The lowest BCUT2D eigenvalue weighted by molar-refractivity contribution is 0.151. The van der Waals surface area contributed by atoms with Gasteiger partial charge < -0.3 is 5.73 Å². The maximum atomic E-state index is 4.83. The topological polar surface area (TPSA) is 59.4 Å². The van der Waals surface area contributed by atoms with Gasteiger partial charge >= 0.3 is 0 Å². The Kier molecular flexibility index (Phi) is 12.7. The van der Waals surface area contributed by atoms with Gasteiger partial charge in [0.1, 0.15) is 0 Å². The van der Waals surface area contributed by atoms with Crippen LogP contribution in [-0.4, -0.2) is 53.0 Å². The Bertz CT molecular complexity index is 958. The molecule has 5 rings (SSSR count). The van der Waals surface area contributed by atoms with E-state index >= 15 is 0 Å². The van der Waals surface area contributed by atoms with Crippen LogP contribution in [0.4, 0.5) is 0 Å². The van der Waals surface area contributed by atoms with Gasteiger partial charge in [0.25, 0.3) is 0 Å². The van der Waals surface area contributed by atoms with Gasteiger partial charge in [-0.25, -0.2) is 0 Å². The maximum absolute atomic E-state index is 4.83. The summed E-state index contributed by atoms with van der Waals surface area (Å²) in [5.74, 6) is 0.803. The monoisotopic (exact) mass is 525 g/mol. The molecule has 1 aromatic heterocycles. The van der Waals surface area contributed by atoms with Crippen molar-refractivity contribution in [1.29, 1.82) is 0 Å². The molecule has 1 atom stereocenters. The lowest BCUT2D eigenvalue weighted by Gasteiger charge is -2.34. The Hall–Kier alpha value is -1.63. The summed E-state index contributed by atoms with van der Waals surface area (Å²) in [5, 5.41) is 4.75. The first-order valence-corrected chi connectivity index (χ1v) is 15.9. The zero-order valence-corrected chi connectivity index (χ0v) is 25.0. The van der Waals surface area contributed by atoms with Crippen molar-refractivity contribution in [2.24, 2.45) is 10.7 Å². The summed E-state index contributed by atoms with van der Waals surface area (Å²) in [6, 6.07) is 3.17. The number of benzene rings is 1. The Labute approximate surface area is 230 Å². The fourth-order valence-electron chi connectivity index (χ4n) is 6.36. The Morgan fingerprint density at radius 3 is 2.30 bits per heavy atom. The molecule has 206 valence electrons. The van der Waals surface area contributed by atoms with E-state index in [1.165, 1.54) is 88.5 Å². The van der Waals surface area contributed by atoms with E-state index in [0.717, 1.165) is 25.3 Å². The van der Waals surface area contributed by atoms with E-state index in [1.54, 1.807) is 27.8 Å². The number of nitrogens with two attached hydrogens (primary N) is 1. The second kappa shape index (κ2) is 15.7. The SMILES string of the molecule is CC.CCCN(CCC)C1CCc2c(SC/N=C/Cc3c4c(cc5c3CCC5)CCC4)cnn2C1.CN. The summed E-state index contributed by atoms with van der Waals surface area (Å²) < 4.78 is 2.27. The number of aromatic nitrogens is 2. The highest BCUT2D eigenvalue weighted by atomic mass is 32.2. The predicted octanol–water partition coefficient (Wildman–Crippen LogP) is 6.26. The highest BCUT2D eigenvalue weighted by Crippen LogP contribution is 2.35. The molecule has 3 aliphatic rings. The molecule has 0 saturated heterocycles. The van der Waals surface area contributed by atoms with Crippen molar-refractivity contribution < 1.29 is 0 Å². The van der Waals surface area contributed by atoms with Crippen LogP contribution in [0.2, 0.25) is 0 Å². The third-order valence-corrected chi connectivity index (χ3v) is 8.79. The third kappa shape index (κ3) is 7.27. The van der Waals surface area contributed by atoms with E-state index in [1.807, 2.05) is 25.6 Å². The first kappa shape index (κ1) is 29.9. The first-order valence-electron chi connectivity index (χ1n) is 14.9. The Morgan fingerprint density at radius 1 is 1.03 bits per heavy atom. The number of thioether (sulfide) groups is 1. The number of aliphatic imine (C=N–C) groups is 1. The first-order chi connectivity index (χ1) is 18.3. The van der Waals surface area contributed by atoms with Crippen LogP contribution >= 0.6 is 11.8 Å². The molecule has 0 saturated carbocycles. The molecule has 2 heterocycles. The van der Waals surface area contributed by atoms with Crippen LogP contribution in [0.3, 0.4) is 0 Å². The smallest absolute Gasteiger partial charge is 0.0887 e. The van der Waals surface area contributed by atoms with Crippen LogP contribution in [0.15, 0.2) is 22.2 Å². The van der Waals surface area contributed by atoms with Gasteiger partial charge in [-0.2, -0.15) is 5.10 Å². The van der Waals surface area contributed by atoms with Crippen LogP contribution in [0.1, 0.15) is 93.3 Å². The van der Waals surface area contributed by atoms with E-state index in [-0.39, 0.29) is 0 Å². The number of nitrogens with zero attached hydrogens (tertiary/aromatic N) is 4. The average Bonchev–Trinajstić information content (AvgIpc) is 3.70. The second-order valence-corrected chi connectivity index (χ2v) is 11.0.